The van der Waals surface area contributed by atoms with Gasteiger partial charge >= 0.3 is 0 Å². The standard InChI is InChI=1S/C23H23NO3/c1-17-5-4-6-19(11-17)15-25-21-8-3-2-7-20(21)14-24-13-18-9-10-22-23(12-18)27-16-26-22/h2-12,24H,13-16H2,1H3. The number of rotatable bonds is 7. The summed E-state index contributed by atoms with van der Waals surface area (Å²) in [4.78, 5) is 0. The Hall–Kier alpha value is -2.98. The summed E-state index contributed by atoms with van der Waals surface area (Å²) < 4.78 is 16.9. The lowest BCUT2D eigenvalue weighted by atomic mass is 10.1. The summed E-state index contributed by atoms with van der Waals surface area (Å²) in [6.07, 6.45) is 0. The van der Waals surface area contributed by atoms with Crippen LogP contribution in [0.15, 0.2) is 66.7 Å². The summed E-state index contributed by atoms with van der Waals surface area (Å²) in [5.41, 5.74) is 4.73. The normalized spacial score (nSPS) is 12.2. The van der Waals surface area contributed by atoms with Gasteiger partial charge in [-0.2, -0.15) is 0 Å². The van der Waals surface area contributed by atoms with Crippen molar-refractivity contribution in [1.29, 1.82) is 0 Å². The minimum atomic E-state index is 0.303. The number of nitrogens with one attached hydrogen (secondary N) is 1. The van der Waals surface area contributed by atoms with E-state index in [4.69, 9.17) is 14.2 Å². The average molecular weight is 361 g/mol. The lowest BCUT2D eigenvalue weighted by Crippen LogP contribution is -2.13. The molecule has 0 aromatic heterocycles. The van der Waals surface area contributed by atoms with Crippen molar-refractivity contribution < 1.29 is 14.2 Å². The number of benzene rings is 3. The molecule has 138 valence electrons. The fraction of sp³-hybridized carbons (Fsp3) is 0.217. The van der Waals surface area contributed by atoms with Crippen LogP contribution in [-0.4, -0.2) is 6.79 Å². The third-order valence-corrected chi connectivity index (χ3v) is 4.53. The van der Waals surface area contributed by atoms with Crippen molar-refractivity contribution >= 4 is 0 Å². The second-order valence-electron chi connectivity index (χ2n) is 6.68. The zero-order chi connectivity index (χ0) is 18.5. The summed E-state index contributed by atoms with van der Waals surface area (Å²) >= 11 is 0. The van der Waals surface area contributed by atoms with Gasteiger partial charge in [0, 0.05) is 18.7 Å². The molecule has 0 unspecified atom stereocenters. The van der Waals surface area contributed by atoms with Gasteiger partial charge in [0.1, 0.15) is 12.4 Å². The fourth-order valence-electron chi connectivity index (χ4n) is 3.15. The van der Waals surface area contributed by atoms with Crippen LogP contribution >= 0.6 is 0 Å². The molecule has 0 spiro atoms. The molecule has 1 heterocycles. The molecule has 1 aliphatic heterocycles. The summed E-state index contributed by atoms with van der Waals surface area (Å²) in [6, 6.07) is 22.6. The molecule has 4 heteroatoms. The van der Waals surface area contributed by atoms with Crippen LogP contribution in [0.4, 0.5) is 0 Å². The van der Waals surface area contributed by atoms with Crippen LogP contribution in [-0.2, 0) is 19.7 Å². The molecule has 3 aromatic rings. The van der Waals surface area contributed by atoms with Gasteiger partial charge in [0.2, 0.25) is 6.79 Å². The molecule has 0 saturated carbocycles. The van der Waals surface area contributed by atoms with E-state index in [1.54, 1.807) is 0 Å². The monoisotopic (exact) mass is 361 g/mol. The quantitative estimate of drug-likeness (QED) is 0.668. The zero-order valence-electron chi connectivity index (χ0n) is 15.4. The van der Waals surface area contributed by atoms with Crippen LogP contribution in [0.3, 0.4) is 0 Å². The first-order chi connectivity index (χ1) is 13.3. The molecular formula is C23H23NO3. The molecule has 0 saturated heterocycles. The average Bonchev–Trinajstić information content (AvgIpc) is 3.15. The highest BCUT2D eigenvalue weighted by molar-refractivity contribution is 5.44. The number of ether oxygens (including phenoxy) is 3. The molecule has 1 N–H and O–H groups in total. The second-order valence-corrected chi connectivity index (χ2v) is 6.68. The van der Waals surface area contributed by atoms with Crippen LogP contribution < -0.4 is 19.5 Å². The Bertz CT molecular complexity index is 923. The second kappa shape index (κ2) is 8.14. The number of hydrogen-bond donors (Lipinski definition) is 1. The Morgan fingerprint density at radius 1 is 0.852 bits per heavy atom. The summed E-state index contributed by atoms with van der Waals surface area (Å²) in [7, 11) is 0. The van der Waals surface area contributed by atoms with Gasteiger partial charge in [0.25, 0.3) is 0 Å². The first-order valence-corrected chi connectivity index (χ1v) is 9.13. The maximum atomic E-state index is 6.06. The molecule has 0 fully saturated rings. The van der Waals surface area contributed by atoms with Crippen LogP contribution in [0.2, 0.25) is 0 Å². The van der Waals surface area contributed by atoms with E-state index in [1.807, 2.05) is 30.3 Å². The van der Waals surface area contributed by atoms with Crippen LogP contribution in [0, 0.1) is 6.92 Å². The third-order valence-electron chi connectivity index (χ3n) is 4.53. The van der Waals surface area contributed by atoms with E-state index in [-0.39, 0.29) is 0 Å². The van der Waals surface area contributed by atoms with E-state index < -0.39 is 0 Å². The van der Waals surface area contributed by atoms with Gasteiger partial charge in [-0.3, -0.25) is 0 Å². The van der Waals surface area contributed by atoms with Crippen molar-refractivity contribution in [2.75, 3.05) is 6.79 Å². The largest absolute Gasteiger partial charge is 0.489 e. The van der Waals surface area contributed by atoms with Gasteiger partial charge in [-0.25, -0.2) is 0 Å². The van der Waals surface area contributed by atoms with Crippen molar-refractivity contribution in [2.24, 2.45) is 0 Å². The minimum Gasteiger partial charge on any atom is -0.489 e. The molecular weight excluding hydrogens is 338 g/mol. The molecule has 0 amide bonds. The van der Waals surface area contributed by atoms with Gasteiger partial charge < -0.3 is 19.5 Å². The Morgan fingerprint density at radius 3 is 2.67 bits per heavy atom. The van der Waals surface area contributed by atoms with Gasteiger partial charge in [-0.15, -0.1) is 0 Å². The molecule has 1 aliphatic rings. The number of hydrogen-bond acceptors (Lipinski definition) is 4. The molecule has 0 radical (unpaired) electrons. The molecule has 0 atom stereocenters. The fourth-order valence-corrected chi connectivity index (χ4v) is 3.15. The number of para-hydroxylation sites is 1. The smallest absolute Gasteiger partial charge is 0.231 e. The Morgan fingerprint density at radius 2 is 1.74 bits per heavy atom. The van der Waals surface area contributed by atoms with E-state index in [1.165, 1.54) is 11.1 Å². The number of fused-ring (bicyclic) bond motifs is 1. The van der Waals surface area contributed by atoms with Gasteiger partial charge in [0.15, 0.2) is 11.5 Å². The lowest BCUT2D eigenvalue weighted by Gasteiger charge is -2.13. The molecule has 4 rings (SSSR count). The predicted molar refractivity (Wildman–Crippen MR) is 105 cm³/mol. The first kappa shape index (κ1) is 17.4. The lowest BCUT2D eigenvalue weighted by molar-refractivity contribution is 0.174. The van der Waals surface area contributed by atoms with Crippen molar-refractivity contribution in [3.63, 3.8) is 0 Å². The van der Waals surface area contributed by atoms with Crippen molar-refractivity contribution in [3.8, 4) is 17.2 Å². The van der Waals surface area contributed by atoms with E-state index in [0.29, 0.717) is 13.4 Å². The van der Waals surface area contributed by atoms with Crippen molar-refractivity contribution in [2.45, 2.75) is 26.6 Å². The summed E-state index contributed by atoms with van der Waals surface area (Å²) in [5, 5.41) is 3.48. The predicted octanol–water partition coefficient (Wildman–Crippen LogP) is 4.59. The number of aryl methyl sites for hydroxylation is 1. The highest BCUT2D eigenvalue weighted by Crippen LogP contribution is 2.32. The summed E-state index contributed by atoms with van der Waals surface area (Å²) in [5.74, 6) is 2.54. The SMILES string of the molecule is Cc1cccc(COc2ccccc2CNCc2ccc3c(c2)OCO3)c1. The first-order valence-electron chi connectivity index (χ1n) is 9.13. The summed E-state index contributed by atoms with van der Waals surface area (Å²) in [6.45, 7) is 4.46. The Labute approximate surface area is 159 Å². The van der Waals surface area contributed by atoms with E-state index >= 15 is 0 Å². The molecule has 3 aromatic carbocycles. The third kappa shape index (κ3) is 4.41. The van der Waals surface area contributed by atoms with Crippen LogP contribution in [0.25, 0.3) is 0 Å². The van der Waals surface area contributed by atoms with E-state index in [2.05, 4.69) is 48.6 Å². The van der Waals surface area contributed by atoms with Gasteiger partial charge in [-0.1, -0.05) is 54.1 Å². The molecule has 0 aliphatic carbocycles. The van der Waals surface area contributed by atoms with E-state index in [0.717, 1.165) is 41.5 Å². The maximum Gasteiger partial charge on any atom is 0.231 e. The topological polar surface area (TPSA) is 39.7 Å². The van der Waals surface area contributed by atoms with Crippen molar-refractivity contribution in [1.82, 2.24) is 5.32 Å². The molecule has 0 bridgehead atoms. The van der Waals surface area contributed by atoms with Gasteiger partial charge in [0.05, 0.1) is 0 Å². The molecule has 4 nitrogen and oxygen atoms in total. The maximum absolute atomic E-state index is 6.06. The van der Waals surface area contributed by atoms with Crippen LogP contribution in [0.5, 0.6) is 17.2 Å². The minimum absolute atomic E-state index is 0.303. The zero-order valence-corrected chi connectivity index (χ0v) is 15.4. The van der Waals surface area contributed by atoms with Crippen LogP contribution in [0.1, 0.15) is 22.3 Å². The Kier molecular flexibility index (Phi) is 5.26. The van der Waals surface area contributed by atoms with E-state index in [9.17, 15) is 0 Å². The van der Waals surface area contributed by atoms with Gasteiger partial charge in [-0.05, 0) is 36.2 Å². The highest BCUT2D eigenvalue weighted by atomic mass is 16.7. The molecule has 27 heavy (non-hydrogen) atoms. The Balaban J connectivity index is 1.35. The van der Waals surface area contributed by atoms with Crippen molar-refractivity contribution in [3.05, 3.63) is 89.0 Å². The highest BCUT2D eigenvalue weighted by Gasteiger charge is 2.13.